The van der Waals surface area contributed by atoms with E-state index < -0.39 is 11.8 Å². The lowest BCUT2D eigenvalue weighted by atomic mass is 10.1. The van der Waals surface area contributed by atoms with Gasteiger partial charge in [0, 0.05) is 15.7 Å². The molecule has 2 rings (SSSR count). The number of anilines is 1. The number of para-hydroxylation sites is 1. The normalized spacial score (nSPS) is 10.6. The Bertz CT molecular complexity index is 821. The van der Waals surface area contributed by atoms with Crippen LogP contribution in [0.2, 0.25) is 0 Å². The minimum atomic E-state index is -0.498. The summed E-state index contributed by atoms with van der Waals surface area (Å²) < 4.78 is 6.08. The summed E-state index contributed by atoms with van der Waals surface area (Å²) in [5.41, 5.74) is 4.78. The van der Waals surface area contributed by atoms with E-state index in [1.54, 1.807) is 13.2 Å². The van der Waals surface area contributed by atoms with Crippen LogP contribution in [0, 0.1) is 0 Å². The molecule has 0 aliphatic heterocycles. The van der Waals surface area contributed by atoms with Gasteiger partial charge in [-0.25, -0.2) is 5.43 Å². The molecule has 0 spiro atoms. The Kier molecular flexibility index (Phi) is 7.35. The molecule has 2 aromatic rings. The van der Waals surface area contributed by atoms with Crippen LogP contribution in [0.5, 0.6) is 5.75 Å². The zero-order valence-electron chi connectivity index (χ0n) is 14.6. The van der Waals surface area contributed by atoms with Gasteiger partial charge in [0.25, 0.3) is 0 Å². The molecule has 0 aliphatic carbocycles. The first-order chi connectivity index (χ1) is 12.5. The van der Waals surface area contributed by atoms with Crippen LogP contribution in [0.3, 0.4) is 0 Å². The van der Waals surface area contributed by atoms with Crippen LogP contribution in [0.25, 0.3) is 0 Å². The number of halogens is 1. The molecule has 0 saturated carbocycles. The largest absolute Gasteiger partial charge is 0.496 e. The number of carbonyl (C=O) groups excluding carboxylic acids is 2. The van der Waals surface area contributed by atoms with E-state index >= 15 is 0 Å². The van der Waals surface area contributed by atoms with Crippen LogP contribution in [-0.4, -0.2) is 25.1 Å². The standard InChI is InChI=1S/C19H20BrN3O3/c1-3-13-6-4-5-7-16(13)22-18(24)11-19(25)23-21-12-14-10-15(20)8-9-17(14)26-2/h4-10,12H,3,11H2,1-2H3,(H,22,24)(H,23,25). The summed E-state index contributed by atoms with van der Waals surface area (Å²) in [5, 5.41) is 6.63. The van der Waals surface area contributed by atoms with E-state index in [1.807, 2.05) is 43.3 Å². The van der Waals surface area contributed by atoms with Crippen molar-refractivity contribution in [2.45, 2.75) is 19.8 Å². The topological polar surface area (TPSA) is 79.8 Å². The summed E-state index contributed by atoms with van der Waals surface area (Å²) in [6.45, 7) is 2.00. The first kappa shape index (κ1) is 19.7. The van der Waals surface area contributed by atoms with Gasteiger partial charge in [-0.3, -0.25) is 9.59 Å². The fourth-order valence-electron chi connectivity index (χ4n) is 2.31. The molecule has 0 aromatic heterocycles. The van der Waals surface area contributed by atoms with Crippen molar-refractivity contribution < 1.29 is 14.3 Å². The molecule has 2 N–H and O–H groups in total. The molecule has 0 bridgehead atoms. The zero-order valence-corrected chi connectivity index (χ0v) is 16.2. The molecule has 26 heavy (non-hydrogen) atoms. The van der Waals surface area contributed by atoms with Gasteiger partial charge in [-0.1, -0.05) is 41.1 Å². The summed E-state index contributed by atoms with van der Waals surface area (Å²) in [7, 11) is 1.55. The predicted molar refractivity (Wildman–Crippen MR) is 105 cm³/mol. The molecule has 6 nitrogen and oxygen atoms in total. The molecule has 0 saturated heterocycles. The minimum absolute atomic E-state index is 0.314. The van der Waals surface area contributed by atoms with Crippen molar-refractivity contribution in [2.24, 2.45) is 5.10 Å². The molecule has 0 fully saturated rings. The molecule has 0 atom stereocenters. The summed E-state index contributed by atoms with van der Waals surface area (Å²) in [4.78, 5) is 23.9. The van der Waals surface area contributed by atoms with E-state index in [4.69, 9.17) is 4.74 Å². The third-order valence-corrected chi connectivity index (χ3v) is 4.07. The fourth-order valence-corrected chi connectivity index (χ4v) is 2.69. The number of nitrogens with one attached hydrogen (secondary N) is 2. The van der Waals surface area contributed by atoms with Gasteiger partial charge in [0.2, 0.25) is 11.8 Å². The quantitative estimate of drug-likeness (QED) is 0.411. The fraction of sp³-hybridized carbons (Fsp3) is 0.211. The lowest BCUT2D eigenvalue weighted by molar-refractivity contribution is -0.126. The van der Waals surface area contributed by atoms with Crippen molar-refractivity contribution in [3.05, 3.63) is 58.1 Å². The van der Waals surface area contributed by atoms with E-state index in [0.29, 0.717) is 11.3 Å². The van der Waals surface area contributed by atoms with E-state index in [1.165, 1.54) is 6.21 Å². The number of rotatable bonds is 7. The Morgan fingerprint density at radius 1 is 1.19 bits per heavy atom. The third-order valence-electron chi connectivity index (χ3n) is 3.58. The highest BCUT2D eigenvalue weighted by Crippen LogP contribution is 2.21. The highest BCUT2D eigenvalue weighted by atomic mass is 79.9. The van der Waals surface area contributed by atoms with E-state index in [2.05, 4.69) is 31.8 Å². The molecular weight excluding hydrogens is 398 g/mol. The maximum absolute atomic E-state index is 12.0. The number of amides is 2. The summed E-state index contributed by atoms with van der Waals surface area (Å²) in [6, 6.07) is 12.9. The monoisotopic (exact) mass is 417 g/mol. The maximum atomic E-state index is 12.0. The zero-order chi connectivity index (χ0) is 18.9. The number of nitrogens with zero attached hydrogens (tertiary/aromatic N) is 1. The van der Waals surface area contributed by atoms with E-state index in [-0.39, 0.29) is 6.42 Å². The number of aryl methyl sites for hydroxylation is 1. The molecule has 136 valence electrons. The third kappa shape index (κ3) is 5.70. The molecule has 0 heterocycles. The SMILES string of the molecule is CCc1ccccc1NC(=O)CC(=O)NN=Cc1cc(Br)ccc1OC. The molecule has 0 radical (unpaired) electrons. The van der Waals surface area contributed by atoms with Gasteiger partial charge in [-0.2, -0.15) is 5.10 Å². The van der Waals surface area contributed by atoms with E-state index in [0.717, 1.165) is 22.1 Å². The summed E-state index contributed by atoms with van der Waals surface area (Å²) >= 11 is 3.36. The van der Waals surface area contributed by atoms with Gasteiger partial charge in [-0.15, -0.1) is 0 Å². The van der Waals surface area contributed by atoms with Crippen molar-refractivity contribution in [1.82, 2.24) is 5.43 Å². The number of carbonyl (C=O) groups is 2. The van der Waals surface area contributed by atoms with Gasteiger partial charge in [0.15, 0.2) is 0 Å². The molecule has 2 amide bonds. The maximum Gasteiger partial charge on any atom is 0.249 e. The van der Waals surface area contributed by atoms with Crippen molar-refractivity contribution in [1.29, 1.82) is 0 Å². The van der Waals surface area contributed by atoms with Gasteiger partial charge in [0.05, 0.1) is 13.3 Å². The van der Waals surface area contributed by atoms with Crippen LogP contribution in [0.15, 0.2) is 52.0 Å². The predicted octanol–water partition coefficient (Wildman–Crippen LogP) is 3.50. The Morgan fingerprint density at radius 2 is 1.96 bits per heavy atom. The number of hydrazone groups is 1. The first-order valence-electron chi connectivity index (χ1n) is 8.06. The molecule has 0 aliphatic rings. The Labute approximate surface area is 160 Å². The van der Waals surface area contributed by atoms with Crippen LogP contribution in [-0.2, 0) is 16.0 Å². The second-order valence-electron chi connectivity index (χ2n) is 5.42. The van der Waals surface area contributed by atoms with Gasteiger partial charge >= 0.3 is 0 Å². The van der Waals surface area contributed by atoms with Crippen molar-refractivity contribution in [3.8, 4) is 5.75 Å². The van der Waals surface area contributed by atoms with Crippen LogP contribution >= 0.6 is 15.9 Å². The van der Waals surface area contributed by atoms with Crippen molar-refractivity contribution in [3.63, 3.8) is 0 Å². The number of hydrogen-bond acceptors (Lipinski definition) is 4. The molecule has 2 aromatic carbocycles. The molecule has 7 heteroatoms. The van der Waals surface area contributed by atoms with Gasteiger partial charge in [0.1, 0.15) is 12.2 Å². The number of hydrogen-bond donors (Lipinski definition) is 2. The van der Waals surface area contributed by atoms with Crippen molar-refractivity contribution in [2.75, 3.05) is 12.4 Å². The van der Waals surface area contributed by atoms with Gasteiger partial charge in [-0.05, 0) is 36.2 Å². The lowest BCUT2D eigenvalue weighted by Gasteiger charge is -2.09. The van der Waals surface area contributed by atoms with Crippen LogP contribution in [0.4, 0.5) is 5.69 Å². The second kappa shape index (κ2) is 9.72. The number of ether oxygens (including phenoxy) is 1. The van der Waals surface area contributed by atoms with Crippen LogP contribution < -0.4 is 15.5 Å². The number of methoxy groups -OCH3 is 1. The van der Waals surface area contributed by atoms with Gasteiger partial charge < -0.3 is 10.1 Å². The average Bonchev–Trinajstić information content (AvgIpc) is 2.62. The smallest absolute Gasteiger partial charge is 0.249 e. The second-order valence-corrected chi connectivity index (χ2v) is 6.33. The Morgan fingerprint density at radius 3 is 2.69 bits per heavy atom. The van der Waals surface area contributed by atoms with Crippen molar-refractivity contribution >= 4 is 39.6 Å². The highest BCUT2D eigenvalue weighted by molar-refractivity contribution is 9.10. The number of benzene rings is 2. The van der Waals surface area contributed by atoms with E-state index in [9.17, 15) is 9.59 Å². The highest BCUT2D eigenvalue weighted by Gasteiger charge is 2.10. The Balaban J connectivity index is 1.90. The average molecular weight is 418 g/mol. The summed E-state index contributed by atoms with van der Waals surface area (Å²) in [5.74, 6) is -0.263. The lowest BCUT2D eigenvalue weighted by Crippen LogP contribution is -2.25. The molecular formula is C19H20BrN3O3. The Hall–Kier alpha value is -2.67. The van der Waals surface area contributed by atoms with Crippen LogP contribution in [0.1, 0.15) is 24.5 Å². The summed E-state index contributed by atoms with van der Waals surface area (Å²) in [6.07, 6.45) is 1.94. The molecule has 0 unspecified atom stereocenters. The minimum Gasteiger partial charge on any atom is -0.496 e. The first-order valence-corrected chi connectivity index (χ1v) is 8.86.